The zero-order valence-electron chi connectivity index (χ0n) is 5.64. The zero-order valence-corrected chi connectivity index (χ0v) is 6.46. The minimum atomic E-state index is 0. The van der Waals surface area contributed by atoms with E-state index in [1.54, 1.807) is 11.8 Å². The molecule has 0 bridgehead atoms. The van der Waals surface area contributed by atoms with E-state index in [-0.39, 0.29) is 18.9 Å². The van der Waals surface area contributed by atoms with Gasteiger partial charge in [-0.3, -0.25) is 0 Å². The Bertz CT molecular complexity index is 31.6. The molecule has 0 aliphatic rings. The molecular formula is C5H11LiOS. The Morgan fingerprint density at radius 2 is 2.25 bits per heavy atom. The fourth-order valence-corrected chi connectivity index (χ4v) is 0.529. The number of rotatable bonds is 4. The maximum atomic E-state index is 5.03. The van der Waals surface area contributed by atoms with Gasteiger partial charge in [-0.05, 0) is 6.26 Å². The SMILES string of the molecule is [CH2-]CCOCSC.[Li+]. The van der Waals surface area contributed by atoms with Gasteiger partial charge in [0.25, 0.3) is 0 Å². The molecular weight excluding hydrogens is 115 g/mol. The Hall–Kier alpha value is 0.907. The van der Waals surface area contributed by atoms with Crippen molar-refractivity contribution in [2.24, 2.45) is 0 Å². The molecule has 0 radical (unpaired) electrons. The van der Waals surface area contributed by atoms with Gasteiger partial charge < -0.3 is 11.7 Å². The number of ether oxygens (including phenoxy) is 1. The third-order valence-corrected chi connectivity index (χ3v) is 0.892. The maximum absolute atomic E-state index is 5.03. The number of hydrogen-bond acceptors (Lipinski definition) is 2. The summed E-state index contributed by atoms with van der Waals surface area (Å²) in [4.78, 5) is 0. The van der Waals surface area contributed by atoms with Crippen molar-refractivity contribution in [1.29, 1.82) is 0 Å². The second-order valence-corrected chi connectivity index (χ2v) is 1.98. The average molecular weight is 126 g/mol. The Morgan fingerprint density at radius 1 is 1.62 bits per heavy atom. The summed E-state index contributed by atoms with van der Waals surface area (Å²) in [5, 5.41) is 0. The minimum absolute atomic E-state index is 0. The second kappa shape index (κ2) is 10.8. The van der Waals surface area contributed by atoms with Gasteiger partial charge in [-0.15, -0.1) is 11.8 Å². The van der Waals surface area contributed by atoms with Crippen molar-refractivity contribution in [2.45, 2.75) is 6.42 Å². The quantitative estimate of drug-likeness (QED) is 0.197. The van der Waals surface area contributed by atoms with Crippen LogP contribution in [0, 0.1) is 6.92 Å². The smallest absolute Gasteiger partial charge is 0.374 e. The number of hydrogen-bond donors (Lipinski definition) is 0. The van der Waals surface area contributed by atoms with E-state index in [2.05, 4.69) is 6.92 Å². The number of thioether (sulfide) groups is 1. The van der Waals surface area contributed by atoms with Gasteiger partial charge in [-0.1, -0.05) is 0 Å². The molecule has 44 valence electrons. The van der Waals surface area contributed by atoms with Crippen molar-refractivity contribution in [3.63, 3.8) is 0 Å². The van der Waals surface area contributed by atoms with Crippen molar-refractivity contribution >= 4 is 11.8 Å². The largest absolute Gasteiger partial charge is 1.00 e. The van der Waals surface area contributed by atoms with Gasteiger partial charge in [0.15, 0.2) is 0 Å². The van der Waals surface area contributed by atoms with E-state index >= 15 is 0 Å². The Labute approximate surface area is 67.7 Å². The molecule has 0 rings (SSSR count). The van der Waals surface area contributed by atoms with E-state index in [9.17, 15) is 0 Å². The van der Waals surface area contributed by atoms with Gasteiger partial charge in [0.05, 0.1) is 5.94 Å². The van der Waals surface area contributed by atoms with E-state index in [0.717, 1.165) is 19.0 Å². The standard InChI is InChI=1S/C5H11OS.Li/c1-3-4-6-5-7-2;/h1,3-5H2,2H3;/q-1;+1. The molecule has 0 saturated heterocycles. The van der Waals surface area contributed by atoms with Crippen LogP contribution in [0.15, 0.2) is 0 Å². The molecule has 1 nitrogen and oxygen atoms in total. The molecule has 0 fully saturated rings. The second-order valence-electron chi connectivity index (χ2n) is 1.17. The molecule has 0 aromatic heterocycles. The maximum Gasteiger partial charge on any atom is 1.00 e. The van der Waals surface area contributed by atoms with Crippen LogP contribution in [0.5, 0.6) is 0 Å². The monoisotopic (exact) mass is 126 g/mol. The van der Waals surface area contributed by atoms with E-state index in [0.29, 0.717) is 0 Å². The summed E-state index contributed by atoms with van der Waals surface area (Å²) in [6.45, 7) is 4.42. The van der Waals surface area contributed by atoms with Crippen LogP contribution in [-0.2, 0) is 4.74 Å². The first kappa shape index (κ1) is 11.7. The van der Waals surface area contributed by atoms with Crippen molar-refractivity contribution in [1.82, 2.24) is 0 Å². The van der Waals surface area contributed by atoms with E-state index < -0.39 is 0 Å². The fourth-order valence-electron chi connectivity index (χ4n) is 0.244. The van der Waals surface area contributed by atoms with Gasteiger partial charge in [0.2, 0.25) is 0 Å². The first-order chi connectivity index (χ1) is 3.41. The molecule has 0 aromatic rings. The van der Waals surface area contributed by atoms with Crippen LogP contribution < -0.4 is 18.9 Å². The molecule has 0 aromatic carbocycles. The fraction of sp³-hybridized carbons (Fsp3) is 0.800. The molecule has 0 saturated carbocycles. The van der Waals surface area contributed by atoms with Crippen LogP contribution in [0.4, 0.5) is 0 Å². The summed E-state index contributed by atoms with van der Waals surface area (Å²) in [6.07, 6.45) is 2.89. The molecule has 0 unspecified atom stereocenters. The average Bonchev–Trinajstić information content (AvgIpc) is 1.69. The molecule has 0 aliphatic carbocycles. The molecule has 8 heavy (non-hydrogen) atoms. The van der Waals surface area contributed by atoms with Gasteiger partial charge >= 0.3 is 18.9 Å². The summed E-state index contributed by atoms with van der Waals surface area (Å²) in [7, 11) is 0. The molecule has 3 heteroatoms. The first-order valence-electron chi connectivity index (χ1n) is 2.27. The predicted molar refractivity (Wildman–Crippen MR) is 34.3 cm³/mol. The molecule has 0 amide bonds. The molecule has 0 N–H and O–H groups in total. The Morgan fingerprint density at radius 3 is 2.62 bits per heavy atom. The molecule has 0 aliphatic heterocycles. The summed E-state index contributed by atoms with van der Waals surface area (Å²) in [5.41, 5.74) is 0. The zero-order chi connectivity index (χ0) is 5.54. The molecule has 0 spiro atoms. The van der Waals surface area contributed by atoms with E-state index in [1.807, 2.05) is 6.26 Å². The predicted octanol–water partition coefficient (Wildman–Crippen LogP) is -1.45. The van der Waals surface area contributed by atoms with Crippen LogP contribution in [0.2, 0.25) is 0 Å². The first-order valence-corrected chi connectivity index (χ1v) is 3.67. The van der Waals surface area contributed by atoms with E-state index in [1.165, 1.54) is 0 Å². The van der Waals surface area contributed by atoms with E-state index in [4.69, 9.17) is 4.74 Å². The van der Waals surface area contributed by atoms with Gasteiger partial charge in [-0.2, -0.15) is 6.42 Å². The van der Waals surface area contributed by atoms with Crippen molar-refractivity contribution in [3.8, 4) is 0 Å². The topological polar surface area (TPSA) is 9.23 Å². The summed E-state index contributed by atoms with van der Waals surface area (Å²) in [5.74, 6) is 0.801. The minimum Gasteiger partial charge on any atom is -0.374 e. The third kappa shape index (κ3) is 10.0. The van der Waals surface area contributed by atoms with Crippen LogP contribution in [0.3, 0.4) is 0 Å². The summed E-state index contributed by atoms with van der Waals surface area (Å²) in [6, 6.07) is 0. The Balaban J connectivity index is 0. The van der Waals surface area contributed by atoms with Crippen LogP contribution >= 0.6 is 11.8 Å². The van der Waals surface area contributed by atoms with Crippen LogP contribution in [0.25, 0.3) is 0 Å². The van der Waals surface area contributed by atoms with Crippen molar-refractivity contribution in [3.05, 3.63) is 6.92 Å². The van der Waals surface area contributed by atoms with Crippen LogP contribution in [-0.4, -0.2) is 18.8 Å². The van der Waals surface area contributed by atoms with Gasteiger partial charge in [-0.25, -0.2) is 0 Å². The van der Waals surface area contributed by atoms with Gasteiger partial charge in [0, 0.05) is 6.61 Å². The summed E-state index contributed by atoms with van der Waals surface area (Å²) >= 11 is 1.69. The normalized spacial score (nSPS) is 8.25. The Kier molecular flexibility index (Phi) is 15.8. The molecule has 0 atom stereocenters. The summed E-state index contributed by atoms with van der Waals surface area (Å²) < 4.78 is 5.03. The van der Waals surface area contributed by atoms with Crippen molar-refractivity contribution in [2.75, 3.05) is 18.8 Å². The van der Waals surface area contributed by atoms with Gasteiger partial charge in [0.1, 0.15) is 0 Å². The van der Waals surface area contributed by atoms with Crippen LogP contribution in [0.1, 0.15) is 6.42 Å². The molecule has 0 heterocycles. The third-order valence-electron chi connectivity index (χ3n) is 0.490. The van der Waals surface area contributed by atoms with Crippen molar-refractivity contribution < 1.29 is 23.6 Å².